The maximum atomic E-state index is 12.6. The van der Waals surface area contributed by atoms with E-state index in [2.05, 4.69) is 34.8 Å². The van der Waals surface area contributed by atoms with Crippen LogP contribution >= 0.6 is 34.4 Å². The largest absolute Gasteiger partial charge is 0.375 e. The summed E-state index contributed by atoms with van der Waals surface area (Å²) in [5.74, 6) is 0.533. The van der Waals surface area contributed by atoms with E-state index in [1.165, 1.54) is 11.8 Å². The molecule has 4 heterocycles. The van der Waals surface area contributed by atoms with Crippen LogP contribution in [0.2, 0.25) is 0 Å². The predicted octanol–water partition coefficient (Wildman–Crippen LogP) is 4.60. The Labute approximate surface area is 170 Å². The highest BCUT2D eigenvalue weighted by atomic mass is 32.2. The number of nitrogens with zero attached hydrogens (tertiary/aromatic N) is 2. The molecule has 0 bridgehead atoms. The molecule has 0 aromatic carbocycles. The molecular formula is C19H21N3O2S3. The summed E-state index contributed by atoms with van der Waals surface area (Å²) >= 11 is 4.83. The average Bonchev–Trinajstić information content (AvgIpc) is 3.46. The molecule has 0 saturated carbocycles. The van der Waals surface area contributed by atoms with E-state index < -0.39 is 0 Å². The number of hydrogen-bond donors (Lipinski definition) is 1. The van der Waals surface area contributed by atoms with Crippen LogP contribution in [0.4, 0.5) is 0 Å². The Kier molecular flexibility index (Phi) is 5.97. The maximum absolute atomic E-state index is 12.6. The van der Waals surface area contributed by atoms with Crippen LogP contribution < -0.4 is 0 Å². The first kappa shape index (κ1) is 18.7. The number of carbonyl (C=O) groups is 1. The molecule has 3 aromatic heterocycles. The van der Waals surface area contributed by atoms with Crippen molar-refractivity contribution in [3.63, 3.8) is 0 Å². The molecule has 142 valence electrons. The van der Waals surface area contributed by atoms with Gasteiger partial charge < -0.3 is 14.6 Å². The summed E-state index contributed by atoms with van der Waals surface area (Å²) in [4.78, 5) is 25.0. The molecular weight excluding hydrogens is 398 g/mol. The van der Waals surface area contributed by atoms with Gasteiger partial charge in [-0.15, -0.1) is 22.7 Å². The number of morpholine rings is 1. The van der Waals surface area contributed by atoms with Crippen molar-refractivity contribution in [1.82, 2.24) is 14.9 Å². The van der Waals surface area contributed by atoms with Crippen LogP contribution in [0.5, 0.6) is 0 Å². The van der Waals surface area contributed by atoms with E-state index in [1.54, 1.807) is 22.7 Å². The van der Waals surface area contributed by atoms with Gasteiger partial charge in [0, 0.05) is 13.1 Å². The van der Waals surface area contributed by atoms with Crippen molar-refractivity contribution >= 4 is 40.3 Å². The number of aromatic amines is 1. The van der Waals surface area contributed by atoms with Crippen LogP contribution in [0, 0.1) is 0 Å². The summed E-state index contributed by atoms with van der Waals surface area (Å²) < 4.78 is 5.66. The number of amides is 1. The molecule has 1 atom stereocenters. The summed E-state index contributed by atoms with van der Waals surface area (Å²) in [5.41, 5.74) is 1.99. The Morgan fingerprint density at radius 3 is 2.81 bits per heavy atom. The number of imidazole rings is 1. The van der Waals surface area contributed by atoms with Crippen LogP contribution in [0.1, 0.15) is 13.3 Å². The number of rotatable bonds is 6. The van der Waals surface area contributed by atoms with Crippen LogP contribution in [0.3, 0.4) is 0 Å². The lowest BCUT2D eigenvalue weighted by Crippen LogP contribution is -2.46. The van der Waals surface area contributed by atoms with Gasteiger partial charge in [-0.1, -0.05) is 30.8 Å². The summed E-state index contributed by atoms with van der Waals surface area (Å²) in [7, 11) is 0. The highest BCUT2D eigenvalue weighted by Gasteiger charge is 2.24. The summed E-state index contributed by atoms with van der Waals surface area (Å²) in [6.45, 7) is 4.08. The molecule has 0 spiro atoms. The molecule has 0 radical (unpaired) electrons. The minimum Gasteiger partial charge on any atom is -0.375 e. The van der Waals surface area contributed by atoms with Crippen molar-refractivity contribution in [2.75, 3.05) is 25.4 Å². The third-order valence-corrected chi connectivity index (χ3v) is 7.11. The summed E-state index contributed by atoms with van der Waals surface area (Å²) in [6.07, 6.45) is 1.09. The first-order valence-corrected chi connectivity index (χ1v) is 11.7. The molecule has 8 heteroatoms. The number of hydrogen-bond acceptors (Lipinski definition) is 6. The standard InChI is InChI=1S/C19H21N3O2S3/c1-2-13-11-22(7-8-24-13)16(23)12-27-19-20-17(14-5-3-9-25-14)18(21-19)15-6-4-10-26-15/h3-6,9-10,13H,2,7-8,11-12H2,1H3,(H,20,21). The van der Waals surface area contributed by atoms with Gasteiger partial charge in [-0.3, -0.25) is 4.79 Å². The number of ether oxygens (including phenoxy) is 1. The van der Waals surface area contributed by atoms with Crippen molar-refractivity contribution in [3.05, 3.63) is 35.0 Å². The summed E-state index contributed by atoms with van der Waals surface area (Å²) in [6, 6.07) is 8.24. The molecule has 1 N–H and O–H groups in total. The lowest BCUT2D eigenvalue weighted by atomic mass is 10.2. The van der Waals surface area contributed by atoms with Crippen molar-refractivity contribution in [1.29, 1.82) is 0 Å². The van der Waals surface area contributed by atoms with Gasteiger partial charge in [0.2, 0.25) is 5.91 Å². The Morgan fingerprint density at radius 2 is 2.11 bits per heavy atom. The SMILES string of the molecule is CCC1CN(C(=O)CSc2nc(-c3cccs3)c(-c3cccs3)[nH]2)CCO1. The first-order valence-electron chi connectivity index (χ1n) is 8.94. The van der Waals surface area contributed by atoms with E-state index in [9.17, 15) is 4.79 Å². The van der Waals surface area contributed by atoms with Gasteiger partial charge in [0.15, 0.2) is 5.16 Å². The number of aromatic nitrogens is 2. The van der Waals surface area contributed by atoms with E-state index in [4.69, 9.17) is 9.72 Å². The van der Waals surface area contributed by atoms with E-state index in [-0.39, 0.29) is 12.0 Å². The molecule has 4 rings (SSSR count). The molecule has 0 aliphatic carbocycles. The zero-order valence-corrected chi connectivity index (χ0v) is 17.5. The Bertz CT molecular complexity index is 823. The van der Waals surface area contributed by atoms with Crippen molar-refractivity contribution < 1.29 is 9.53 Å². The highest BCUT2D eigenvalue weighted by molar-refractivity contribution is 7.99. The van der Waals surface area contributed by atoms with Crippen LogP contribution in [-0.4, -0.2) is 52.3 Å². The second-order valence-corrected chi connectivity index (χ2v) is 9.11. The quantitative estimate of drug-likeness (QED) is 0.594. The van der Waals surface area contributed by atoms with Crippen molar-refractivity contribution in [2.24, 2.45) is 0 Å². The van der Waals surface area contributed by atoms with Gasteiger partial charge in [-0.25, -0.2) is 4.98 Å². The highest BCUT2D eigenvalue weighted by Crippen LogP contribution is 2.36. The third kappa shape index (κ3) is 4.29. The Hall–Kier alpha value is -1.61. The normalized spacial score (nSPS) is 17.4. The van der Waals surface area contributed by atoms with Gasteiger partial charge in [-0.05, 0) is 29.3 Å². The van der Waals surface area contributed by atoms with E-state index in [1.807, 2.05) is 17.0 Å². The topological polar surface area (TPSA) is 58.2 Å². The minimum absolute atomic E-state index is 0.147. The number of thiophene rings is 2. The number of carbonyl (C=O) groups excluding carboxylic acids is 1. The van der Waals surface area contributed by atoms with E-state index in [0.717, 1.165) is 32.7 Å². The van der Waals surface area contributed by atoms with Gasteiger partial charge in [-0.2, -0.15) is 0 Å². The monoisotopic (exact) mass is 419 g/mol. The number of H-pyrrole nitrogens is 1. The lowest BCUT2D eigenvalue weighted by molar-refractivity contribution is -0.135. The summed E-state index contributed by atoms with van der Waals surface area (Å²) in [5, 5.41) is 4.91. The van der Waals surface area contributed by atoms with E-state index >= 15 is 0 Å². The van der Waals surface area contributed by atoms with Crippen LogP contribution in [0.15, 0.2) is 40.2 Å². The molecule has 1 saturated heterocycles. The Balaban J connectivity index is 1.48. The molecule has 1 unspecified atom stereocenters. The van der Waals surface area contributed by atoms with Gasteiger partial charge in [0.25, 0.3) is 0 Å². The molecule has 27 heavy (non-hydrogen) atoms. The molecule has 1 aliphatic rings. The molecule has 5 nitrogen and oxygen atoms in total. The van der Waals surface area contributed by atoms with Crippen molar-refractivity contribution in [3.8, 4) is 21.1 Å². The van der Waals surface area contributed by atoms with E-state index in [0.29, 0.717) is 25.4 Å². The first-order chi connectivity index (χ1) is 13.2. The molecule has 1 amide bonds. The zero-order chi connectivity index (χ0) is 18.6. The fourth-order valence-corrected chi connectivity index (χ4v) is 5.24. The van der Waals surface area contributed by atoms with Crippen LogP contribution in [0.25, 0.3) is 21.1 Å². The van der Waals surface area contributed by atoms with Gasteiger partial charge in [0.05, 0.1) is 33.9 Å². The average molecular weight is 420 g/mol. The predicted molar refractivity (Wildman–Crippen MR) is 113 cm³/mol. The second kappa shape index (κ2) is 8.60. The lowest BCUT2D eigenvalue weighted by Gasteiger charge is -2.32. The fraction of sp³-hybridized carbons (Fsp3) is 0.368. The third-order valence-electron chi connectivity index (χ3n) is 4.48. The molecule has 1 fully saturated rings. The van der Waals surface area contributed by atoms with Gasteiger partial charge >= 0.3 is 0 Å². The molecule has 1 aliphatic heterocycles. The number of nitrogens with one attached hydrogen (secondary N) is 1. The zero-order valence-electron chi connectivity index (χ0n) is 15.0. The fourth-order valence-electron chi connectivity index (χ4n) is 3.02. The second-order valence-electron chi connectivity index (χ2n) is 6.25. The molecule has 3 aromatic rings. The maximum Gasteiger partial charge on any atom is 0.233 e. The Morgan fingerprint density at radius 1 is 1.33 bits per heavy atom. The van der Waals surface area contributed by atoms with Crippen molar-refractivity contribution in [2.45, 2.75) is 24.6 Å². The smallest absolute Gasteiger partial charge is 0.233 e. The van der Waals surface area contributed by atoms with Crippen LogP contribution in [-0.2, 0) is 9.53 Å². The minimum atomic E-state index is 0.147. The number of thioether (sulfide) groups is 1. The van der Waals surface area contributed by atoms with Gasteiger partial charge in [0.1, 0.15) is 5.69 Å².